The van der Waals surface area contributed by atoms with E-state index in [1.807, 2.05) is 0 Å². The van der Waals surface area contributed by atoms with E-state index >= 15 is 0 Å². The van der Waals surface area contributed by atoms with Gasteiger partial charge in [0.15, 0.2) is 0 Å². The zero-order valence-corrected chi connectivity index (χ0v) is 19.8. The molecule has 29 heavy (non-hydrogen) atoms. The van der Waals surface area contributed by atoms with Gasteiger partial charge in [-0.2, -0.15) is 0 Å². The predicted octanol–water partition coefficient (Wildman–Crippen LogP) is 5.96. The van der Waals surface area contributed by atoms with Gasteiger partial charge in [0, 0.05) is 6.54 Å². The molecule has 0 spiro atoms. The average Bonchev–Trinajstić information content (AvgIpc) is 3.27. The molecule has 0 aromatic heterocycles. The summed E-state index contributed by atoms with van der Waals surface area (Å²) < 4.78 is 5.46. The van der Waals surface area contributed by atoms with Crippen LogP contribution in [0.5, 0.6) is 0 Å². The second-order valence-electron chi connectivity index (χ2n) is 10.9. The molecule has 3 nitrogen and oxygen atoms in total. The first-order valence-corrected chi connectivity index (χ1v) is 11.5. The molecule has 2 N–H and O–H groups in total. The topological polar surface area (TPSA) is 52.3 Å². The molecule has 0 bridgehead atoms. The van der Waals surface area contributed by atoms with E-state index in [0.29, 0.717) is 36.8 Å². The first-order chi connectivity index (χ1) is 13.5. The van der Waals surface area contributed by atoms with Crippen molar-refractivity contribution in [2.45, 2.75) is 80.1 Å². The first-order valence-electron chi connectivity index (χ1n) is 11.5. The number of hydrogen-bond acceptors (Lipinski definition) is 3. The average molecular weight is 402 g/mol. The molecule has 1 aliphatic rings. The number of benzene rings is 1. The third-order valence-corrected chi connectivity index (χ3v) is 6.66. The molecule has 1 aromatic carbocycles. The molecule has 3 heteroatoms. The summed E-state index contributed by atoms with van der Waals surface area (Å²) >= 11 is 0. The number of nitrogens with two attached hydrogens (primary N) is 1. The molecule has 1 fully saturated rings. The fourth-order valence-electron chi connectivity index (χ4n) is 5.14. The van der Waals surface area contributed by atoms with E-state index in [1.54, 1.807) is 0 Å². The molecule has 0 heterocycles. The van der Waals surface area contributed by atoms with Crippen molar-refractivity contribution in [1.29, 1.82) is 0 Å². The van der Waals surface area contributed by atoms with Gasteiger partial charge in [-0.1, -0.05) is 72.7 Å². The number of carbonyl (C=O) groups is 1. The minimum atomic E-state index is -0.316. The smallest absolute Gasteiger partial charge is 0.312 e. The van der Waals surface area contributed by atoms with Gasteiger partial charge in [0.25, 0.3) is 0 Å². The van der Waals surface area contributed by atoms with Gasteiger partial charge in [-0.25, -0.2) is 0 Å². The number of hydrogen-bond donors (Lipinski definition) is 1. The highest BCUT2D eigenvalue weighted by Gasteiger charge is 2.60. The Morgan fingerprint density at radius 3 is 2.38 bits per heavy atom. The minimum absolute atomic E-state index is 0.0297. The molecule has 0 aliphatic heterocycles. The summed E-state index contributed by atoms with van der Waals surface area (Å²) in [5.74, 6) is 2.22. The van der Waals surface area contributed by atoms with Crippen molar-refractivity contribution in [3.63, 3.8) is 0 Å². The van der Waals surface area contributed by atoms with Crippen molar-refractivity contribution in [3.8, 4) is 0 Å². The summed E-state index contributed by atoms with van der Waals surface area (Å²) in [6.45, 7) is 16.8. The lowest BCUT2D eigenvalue weighted by Crippen LogP contribution is -2.30. The van der Waals surface area contributed by atoms with Crippen LogP contribution >= 0.6 is 0 Å². The highest BCUT2D eigenvalue weighted by atomic mass is 16.5. The zero-order chi connectivity index (χ0) is 21.8. The van der Waals surface area contributed by atoms with Crippen molar-refractivity contribution in [1.82, 2.24) is 0 Å². The summed E-state index contributed by atoms with van der Waals surface area (Å²) in [7, 11) is 0. The van der Waals surface area contributed by atoms with E-state index in [-0.39, 0.29) is 16.8 Å². The molecule has 3 atom stereocenters. The zero-order valence-electron chi connectivity index (χ0n) is 19.8. The van der Waals surface area contributed by atoms with Crippen LogP contribution in [0.3, 0.4) is 0 Å². The molecular formula is C26H43NO2. The van der Waals surface area contributed by atoms with Crippen LogP contribution in [0.1, 0.15) is 84.8 Å². The van der Waals surface area contributed by atoms with Crippen LogP contribution in [0.25, 0.3) is 0 Å². The van der Waals surface area contributed by atoms with Crippen LogP contribution in [0.15, 0.2) is 24.3 Å². The van der Waals surface area contributed by atoms with Crippen molar-refractivity contribution >= 4 is 5.97 Å². The Balaban J connectivity index is 2.21. The lowest BCUT2D eigenvalue weighted by molar-refractivity contribution is -0.152. The predicted molar refractivity (Wildman–Crippen MR) is 122 cm³/mol. The summed E-state index contributed by atoms with van der Waals surface area (Å²) in [5, 5.41) is 0. The van der Waals surface area contributed by atoms with E-state index in [1.165, 1.54) is 17.5 Å². The molecule has 1 aliphatic carbocycles. The summed E-state index contributed by atoms with van der Waals surface area (Å²) in [6, 6.07) is 8.95. The van der Waals surface area contributed by atoms with Crippen molar-refractivity contribution in [2.24, 2.45) is 34.3 Å². The molecule has 0 amide bonds. The quantitative estimate of drug-likeness (QED) is 0.465. The van der Waals surface area contributed by atoms with Crippen LogP contribution in [0.4, 0.5) is 0 Å². The Hall–Kier alpha value is -1.35. The molecule has 0 saturated heterocycles. The van der Waals surface area contributed by atoms with Gasteiger partial charge in [-0.3, -0.25) is 4.79 Å². The molecule has 164 valence electrons. The second kappa shape index (κ2) is 9.64. The monoisotopic (exact) mass is 401 g/mol. The van der Waals surface area contributed by atoms with Gasteiger partial charge in [0.1, 0.15) is 6.61 Å². The Morgan fingerprint density at radius 1 is 1.24 bits per heavy atom. The van der Waals surface area contributed by atoms with Crippen molar-refractivity contribution in [2.75, 3.05) is 13.2 Å². The second-order valence-corrected chi connectivity index (χ2v) is 10.9. The van der Waals surface area contributed by atoms with Gasteiger partial charge >= 0.3 is 5.97 Å². The molecule has 3 unspecified atom stereocenters. The van der Waals surface area contributed by atoms with Gasteiger partial charge in [0.2, 0.25) is 0 Å². The summed E-state index contributed by atoms with van der Waals surface area (Å²) in [6.07, 6.45) is 4.00. The van der Waals surface area contributed by atoms with E-state index < -0.39 is 0 Å². The van der Waals surface area contributed by atoms with Crippen molar-refractivity contribution < 1.29 is 9.53 Å². The maximum atomic E-state index is 12.7. The third-order valence-electron chi connectivity index (χ3n) is 6.66. The van der Waals surface area contributed by atoms with Crippen molar-refractivity contribution in [3.05, 3.63) is 35.4 Å². The summed E-state index contributed by atoms with van der Waals surface area (Å²) in [4.78, 5) is 12.7. The fourth-order valence-corrected chi connectivity index (χ4v) is 5.14. The largest absolute Gasteiger partial charge is 0.464 e. The third kappa shape index (κ3) is 6.07. The number of ether oxygens (including phenoxy) is 1. The lowest BCUT2D eigenvalue weighted by atomic mass is 9.72. The van der Waals surface area contributed by atoms with E-state index in [2.05, 4.69) is 72.7 Å². The molecule has 1 aromatic rings. The lowest BCUT2D eigenvalue weighted by Gasteiger charge is -2.32. The SMILES string of the molecule is CC(C)CC(c1ccccc1CC(C)(C)CC1(C(=O)OCCN)CC1C)C(C)C. The van der Waals surface area contributed by atoms with E-state index in [9.17, 15) is 4.79 Å². The summed E-state index contributed by atoms with van der Waals surface area (Å²) in [5.41, 5.74) is 8.18. The minimum Gasteiger partial charge on any atom is -0.464 e. The Bertz CT molecular complexity index is 679. The molecule has 2 rings (SSSR count). The Kier molecular flexibility index (Phi) is 7.95. The van der Waals surface area contributed by atoms with Crippen LogP contribution < -0.4 is 5.73 Å². The normalized spacial score (nSPS) is 22.8. The van der Waals surface area contributed by atoms with Crippen LogP contribution in [-0.4, -0.2) is 19.1 Å². The number of carbonyl (C=O) groups excluding carboxylic acids is 1. The van der Waals surface area contributed by atoms with Gasteiger partial charge in [-0.15, -0.1) is 0 Å². The Morgan fingerprint density at radius 2 is 1.86 bits per heavy atom. The molecular weight excluding hydrogens is 358 g/mol. The Labute approximate surface area is 178 Å². The van der Waals surface area contributed by atoms with E-state index in [0.717, 1.165) is 19.3 Å². The van der Waals surface area contributed by atoms with Gasteiger partial charge < -0.3 is 10.5 Å². The first kappa shape index (κ1) is 23.9. The molecule has 0 radical (unpaired) electrons. The van der Waals surface area contributed by atoms with Gasteiger partial charge in [-0.05, 0) is 65.9 Å². The van der Waals surface area contributed by atoms with Crippen LogP contribution in [0.2, 0.25) is 0 Å². The highest BCUT2D eigenvalue weighted by molar-refractivity contribution is 5.80. The van der Waals surface area contributed by atoms with Crippen LogP contribution in [0, 0.1) is 28.6 Å². The van der Waals surface area contributed by atoms with E-state index in [4.69, 9.17) is 10.5 Å². The standard InChI is InChI=1S/C26H43NO2/c1-18(2)14-23(19(3)4)22-11-9-8-10-21(22)16-25(6,7)17-26(15-20(26)5)24(28)29-13-12-27/h8-11,18-20,23H,12-17,27H2,1-7H3. The fraction of sp³-hybridized carbons (Fsp3) is 0.731. The van der Waals surface area contributed by atoms with Gasteiger partial charge in [0.05, 0.1) is 5.41 Å². The number of rotatable bonds is 11. The maximum Gasteiger partial charge on any atom is 0.312 e. The highest BCUT2D eigenvalue weighted by Crippen LogP contribution is 2.59. The van der Waals surface area contributed by atoms with Crippen LogP contribution in [-0.2, 0) is 16.0 Å². The maximum absolute atomic E-state index is 12.7. The molecule has 1 saturated carbocycles. The number of esters is 1.